The monoisotopic (exact) mass is 376 g/mol. The number of hydrogen-bond donors (Lipinski definition) is 1. The molecule has 5 heteroatoms. The van der Waals surface area contributed by atoms with Gasteiger partial charge in [0.25, 0.3) is 0 Å². The number of rotatable bonds is 4. The predicted octanol–water partition coefficient (Wildman–Crippen LogP) is 3.49. The molecule has 1 aliphatic heterocycles. The van der Waals surface area contributed by atoms with Crippen molar-refractivity contribution in [1.82, 2.24) is 4.90 Å². The number of aromatic hydroxyl groups is 1. The minimum atomic E-state index is 0.361. The van der Waals surface area contributed by atoms with Crippen LogP contribution >= 0.6 is 15.9 Å². The van der Waals surface area contributed by atoms with E-state index in [9.17, 15) is 5.11 Å². The lowest BCUT2D eigenvalue weighted by atomic mass is 10.1. The lowest BCUT2D eigenvalue weighted by Gasteiger charge is -2.36. The molecule has 1 fully saturated rings. The number of hydrogen-bond acceptors (Lipinski definition) is 4. The highest BCUT2D eigenvalue weighted by atomic mass is 79.9. The third kappa shape index (κ3) is 3.79. The minimum absolute atomic E-state index is 0.361. The van der Waals surface area contributed by atoms with E-state index in [-0.39, 0.29) is 0 Å². The van der Waals surface area contributed by atoms with Crippen molar-refractivity contribution in [2.24, 2.45) is 0 Å². The van der Waals surface area contributed by atoms with Crippen LogP contribution < -0.4 is 9.64 Å². The van der Waals surface area contributed by atoms with E-state index in [1.807, 2.05) is 24.3 Å². The van der Waals surface area contributed by atoms with E-state index in [4.69, 9.17) is 4.74 Å². The quantitative estimate of drug-likeness (QED) is 0.885. The SMILES string of the molecule is COc1ccc(CN2CCN(c3ccccc3O)CC2)cc1Br. The standard InChI is InChI=1S/C18H21BrN2O2/c1-23-18-7-6-14(12-15(18)19)13-20-8-10-21(11-9-20)16-4-2-3-5-17(16)22/h2-7,12,22H,8-11,13H2,1H3. The Kier molecular flexibility index (Phi) is 5.08. The Labute approximate surface area is 145 Å². The third-order valence-electron chi connectivity index (χ3n) is 4.22. The Morgan fingerprint density at radius 3 is 2.48 bits per heavy atom. The number of ether oxygens (including phenoxy) is 1. The molecule has 4 nitrogen and oxygen atoms in total. The van der Waals surface area contributed by atoms with E-state index >= 15 is 0 Å². The maximum absolute atomic E-state index is 9.97. The molecule has 0 amide bonds. The van der Waals surface area contributed by atoms with Gasteiger partial charge in [-0.05, 0) is 45.8 Å². The summed E-state index contributed by atoms with van der Waals surface area (Å²) in [4.78, 5) is 4.68. The van der Waals surface area contributed by atoms with Gasteiger partial charge in [0.2, 0.25) is 0 Å². The summed E-state index contributed by atoms with van der Waals surface area (Å²) in [5, 5.41) is 9.97. The summed E-state index contributed by atoms with van der Waals surface area (Å²) in [6.07, 6.45) is 0. The highest BCUT2D eigenvalue weighted by Crippen LogP contribution is 2.28. The zero-order chi connectivity index (χ0) is 16.2. The summed E-state index contributed by atoms with van der Waals surface area (Å²) in [5.41, 5.74) is 2.20. The summed E-state index contributed by atoms with van der Waals surface area (Å²) in [6.45, 7) is 4.75. The van der Waals surface area contributed by atoms with Crippen LogP contribution in [0.3, 0.4) is 0 Å². The topological polar surface area (TPSA) is 35.9 Å². The van der Waals surface area contributed by atoms with Gasteiger partial charge in [0, 0.05) is 32.7 Å². The smallest absolute Gasteiger partial charge is 0.138 e. The van der Waals surface area contributed by atoms with Crippen molar-refractivity contribution in [2.45, 2.75) is 6.54 Å². The van der Waals surface area contributed by atoms with E-state index in [2.05, 4.69) is 37.9 Å². The molecule has 1 saturated heterocycles. The van der Waals surface area contributed by atoms with Crippen LogP contribution in [-0.4, -0.2) is 43.3 Å². The second-order valence-electron chi connectivity index (χ2n) is 5.72. The number of phenolic OH excluding ortho intramolecular Hbond substituents is 1. The van der Waals surface area contributed by atoms with Crippen LogP contribution in [0.1, 0.15) is 5.56 Å². The Bertz CT molecular complexity index is 670. The molecule has 2 aromatic carbocycles. The van der Waals surface area contributed by atoms with E-state index in [0.29, 0.717) is 5.75 Å². The second-order valence-corrected chi connectivity index (χ2v) is 6.58. The summed E-state index contributed by atoms with van der Waals surface area (Å²) < 4.78 is 6.26. The fourth-order valence-electron chi connectivity index (χ4n) is 2.94. The molecule has 3 rings (SSSR count). The molecule has 1 heterocycles. The first kappa shape index (κ1) is 16.1. The zero-order valence-electron chi connectivity index (χ0n) is 13.2. The lowest BCUT2D eigenvalue weighted by molar-refractivity contribution is 0.249. The molecule has 1 N–H and O–H groups in total. The molecule has 122 valence electrons. The molecule has 0 spiro atoms. The first-order valence-corrected chi connectivity index (χ1v) is 8.54. The zero-order valence-corrected chi connectivity index (χ0v) is 14.8. The van der Waals surface area contributed by atoms with E-state index < -0.39 is 0 Å². The number of halogens is 1. The van der Waals surface area contributed by atoms with Gasteiger partial charge < -0.3 is 14.7 Å². The highest BCUT2D eigenvalue weighted by Gasteiger charge is 2.19. The fraction of sp³-hybridized carbons (Fsp3) is 0.333. The third-order valence-corrected chi connectivity index (χ3v) is 4.84. The van der Waals surface area contributed by atoms with Crippen molar-refractivity contribution in [1.29, 1.82) is 0 Å². The number of benzene rings is 2. The molecular weight excluding hydrogens is 356 g/mol. The number of phenols is 1. The van der Waals surface area contributed by atoms with Gasteiger partial charge in [-0.15, -0.1) is 0 Å². The van der Waals surface area contributed by atoms with Crippen molar-refractivity contribution in [3.8, 4) is 11.5 Å². The molecule has 0 aliphatic carbocycles. The van der Waals surface area contributed by atoms with Gasteiger partial charge >= 0.3 is 0 Å². The molecule has 0 atom stereocenters. The van der Waals surface area contributed by atoms with E-state index in [0.717, 1.165) is 48.6 Å². The summed E-state index contributed by atoms with van der Waals surface area (Å²) in [5.74, 6) is 1.22. The van der Waals surface area contributed by atoms with Gasteiger partial charge in [-0.2, -0.15) is 0 Å². The van der Waals surface area contributed by atoms with Crippen molar-refractivity contribution < 1.29 is 9.84 Å². The van der Waals surface area contributed by atoms with Crippen LogP contribution in [-0.2, 0) is 6.54 Å². The molecule has 23 heavy (non-hydrogen) atoms. The van der Waals surface area contributed by atoms with Crippen LogP contribution in [0.15, 0.2) is 46.9 Å². The summed E-state index contributed by atoms with van der Waals surface area (Å²) in [6, 6.07) is 13.8. The van der Waals surface area contributed by atoms with Crippen LogP contribution in [0, 0.1) is 0 Å². The molecule has 0 saturated carbocycles. The summed E-state index contributed by atoms with van der Waals surface area (Å²) >= 11 is 3.54. The van der Waals surface area contributed by atoms with Crippen molar-refractivity contribution in [3.63, 3.8) is 0 Å². The largest absolute Gasteiger partial charge is 0.506 e. The van der Waals surface area contributed by atoms with E-state index in [1.165, 1.54) is 5.56 Å². The minimum Gasteiger partial charge on any atom is -0.506 e. The number of nitrogens with zero attached hydrogens (tertiary/aromatic N) is 2. The van der Waals surface area contributed by atoms with Gasteiger partial charge in [-0.1, -0.05) is 18.2 Å². The Morgan fingerprint density at radius 1 is 1.09 bits per heavy atom. The van der Waals surface area contributed by atoms with Gasteiger partial charge in [-0.25, -0.2) is 0 Å². The normalized spacial score (nSPS) is 15.7. The number of anilines is 1. The molecule has 1 aliphatic rings. The van der Waals surface area contributed by atoms with Crippen LogP contribution in [0.25, 0.3) is 0 Å². The second kappa shape index (κ2) is 7.23. The van der Waals surface area contributed by atoms with Crippen LogP contribution in [0.2, 0.25) is 0 Å². The van der Waals surface area contributed by atoms with Gasteiger partial charge in [0.05, 0.1) is 17.3 Å². The van der Waals surface area contributed by atoms with Crippen molar-refractivity contribution in [3.05, 3.63) is 52.5 Å². The number of piperazine rings is 1. The van der Waals surface area contributed by atoms with Crippen molar-refractivity contribution in [2.75, 3.05) is 38.2 Å². The maximum atomic E-state index is 9.97. The summed E-state index contributed by atoms with van der Waals surface area (Å²) in [7, 11) is 1.68. The molecule has 2 aromatic rings. The van der Waals surface area contributed by atoms with Crippen molar-refractivity contribution >= 4 is 21.6 Å². The molecule has 0 unspecified atom stereocenters. The van der Waals surface area contributed by atoms with Gasteiger partial charge in [-0.3, -0.25) is 4.90 Å². The van der Waals surface area contributed by atoms with Gasteiger partial charge in [0.1, 0.15) is 11.5 Å². The molecule has 0 aromatic heterocycles. The molecule has 0 radical (unpaired) electrons. The van der Waals surface area contributed by atoms with Gasteiger partial charge in [0.15, 0.2) is 0 Å². The number of para-hydroxylation sites is 2. The molecular formula is C18H21BrN2O2. The predicted molar refractivity (Wildman–Crippen MR) is 96.3 cm³/mol. The Hall–Kier alpha value is -1.72. The highest BCUT2D eigenvalue weighted by molar-refractivity contribution is 9.10. The van der Waals surface area contributed by atoms with Crippen LogP contribution in [0.4, 0.5) is 5.69 Å². The van der Waals surface area contributed by atoms with E-state index in [1.54, 1.807) is 13.2 Å². The average molecular weight is 377 g/mol. The first-order chi connectivity index (χ1) is 11.2. The molecule has 0 bridgehead atoms. The maximum Gasteiger partial charge on any atom is 0.138 e. The fourth-order valence-corrected chi connectivity index (χ4v) is 3.53. The number of methoxy groups -OCH3 is 1. The first-order valence-electron chi connectivity index (χ1n) is 7.75. The van der Waals surface area contributed by atoms with Crippen LogP contribution in [0.5, 0.6) is 11.5 Å². The average Bonchev–Trinajstić information content (AvgIpc) is 2.56. The Balaban J connectivity index is 1.59. The Morgan fingerprint density at radius 2 is 1.83 bits per heavy atom. The lowest BCUT2D eigenvalue weighted by Crippen LogP contribution is -2.45.